The summed E-state index contributed by atoms with van der Waals surface area (Å²) in [5, 5.41) is 29.0. The maximum atomic E-state index is 12.5. The number of para-hydroxylation sites is 1. The second-order valence-corrected chi connectivity index (χ2v) is 8.04. The molecule has 29 heavy (non-hydrogen) atoms. The van der Waals surface area contributed by atoms with Gasteiger partial charge in [-0.05, 0) is 62.7 Å². The van der Waals surface area contributed by atoms with E-state index in [0.717, 1.165) is 38.9 Å². The number of carboxylic acid groups (broad SMARTS) is 1. The van der Waals surface area contributed by atoms with Gasteiger partial charge in [-0.3, -0.25) is 4.79 Å². The Kier molecular flexibility index (Phi) is 7.52. The molecule has 0 saturated heterocycles. The molecule has 1 fully saturated rings. The summed E-state index contributed by atoms with van der Waals surface area (Å²) in [6.45, 7) is 2.88. The minimum Gasteiger partial charge on any atom is -0.534 e. The maximum Gasteiger partial charge on any atom is 0.547 e. The molecule has 1 saturated carbocycles. The minimum atomic E-state index is -1.26. The van der Waals surface area contributed by atoms with Gasteiger partial charge < -0.3 is 30.7 Å². The Morgan fingerprint density at radius 1 is 1.24 bits per heavy atom. The molecule has 3 unspecified atom stereocenters. The molecule has 1 heterocycles. The molecule has 0 spiro atoms. The second-order valence-electron chi connectivity index (χ2n) is 8.04. The van der Waals surface area contributed by atoms with Crippen LogP contribution in [0.1, 0.15) is 41.6 Å². The fourth-order valence-electron chi connectivity index (χ4n) is 4.31. The molecule has 3 rings (SSSR count). The van der Waals surface area contributed by atoms with Crippen molar-refractivity contribution in [2.75, 3.05) is 26.7 Å². The van der Waals surface area contributed by atoms with Crippen molar-refractivity contribution >= 4 is 19.0 Å². The van der Waals surface area contributed by atoms with Gasteiger partial charge in [0, 0.05) is 19.5 Å². The van der Waals surface area contributed by atoms with Crippen LogP contribution in [-0.2, 0) is 11.2 Å². The smallest absolute Gasteiger partial charge is 0.534 e. The van der Waals surface area contributed by atoms with Gasteiger partial charge in [0.1, 0.15) is 5.75 Å². The Bertz CT molecular complexity index is 732. The number of carboxylic acids is 1. The predicted octanol–water partition coefficient (Wildman–Crippen LogP) is 0.440. The molecular formula is C20H30BN3O5. The molecule has 1 amide bonds. The summed E-state index contributed by atoms with van der Waals surface area (Å²) >= 11 is 0. The molecule has 3 atom stereocenters. The third kappa shape index (κ3) is 5.71. The van der Waals surface area contributed by atoms with Crippen molar-refractivity contribution in [3.63, 3.8) is 0 Å². The number of carbonyl (C=O) groups is 2. The van der Waals surface area contributed by atoms with Gasteiger partial charge in [-0.15, -0.1) is 0 Å². The Morgan fingerprint density at radius 2 is 2.03 bits per heavy atom. The van der Waals surface area contributed by atoms with Gasteiger partial charge in [0.25, 0.3) is 0 Å². The monoisotopic (exact) mass is 403 g/mol. The van der Waals surface area contributed by atoms with Gasteiger partial charge in [0.2, 0.25) is 5.91 Å². The highest BCUT2D eigenvalue weighted by atomic mass is 16.5. The van der Waals surface area contributed by atoms with E-state index in [1.807, 2.05) is 7.05 Å². The lowest BCUT2D eigenvalue weighted by molar-refractivity contribution is -0.122. The molecule has 9 heteroatoms. The summed E-state index contributed by atoms with van der Waals surface area (Å²) in [5.41, 5.74) is 0.695. The Hall–Kier alpha value is -2.10. The van der Waals surface area contributed by atoms with Crippen molar-refractivity contribution in [1.29, 1.82) is 0 Å². The van der Waals surface area contributed by atoms with E-state index in [-0.39, 0.29) is 17.2 Å². The predicted molar refractivity (Wildman–Crippen MR) is 110 cm³/mol. The van der Waals surface area contributed by atoms with Crippen LogP contribution in [0, 0.1) is 11.8 Å². The SMILES string of the molecule is CNCCNCC1CCC(CC(=O)NC2Cc3cccc(C(=O)O)c3OB2O)C1. The van der Waals surface area contributed by atoms with Crippen LogP contribution in [-0.4, -0.2) is 61.7 Å². The first-order valence-electron chi connectivity index (χ1n) is 10.3. The summed E-state index contributed by atoms with van der Waals surface area (Å²) in [7, 11) is 0.670. The van der Waals surface area contributed by atoms with Gasteiger partial charge in [-0.25, -0.2) is 4.79 Å². The van der Waals surface area contributed by atoms with Crippen molar-refractivity contribution < 1.29 is 24.4 Å². The molecule has 5 N–H and O–H groups in total. The van der Waals surface area contributed by atoms with Crippen LogP contribution in [0.25, 0.3) is 0 Å². The number of fused-ring (bicyclic) bond motifs is 1. The zero-order valence-electron chi connectivity index (χ0n) is 16.8. The third-order valence-corrected chi connectivity index (χ3v) is 5.80. The second kappa shape index (κ2) is 10.1. The van der Waals surface area contributed by atoms with Crippen LogP contribution in [0.3, 0.4) is 0 Å². The number of likely N-dealkylation sites (N-methyl/N-ethyl adjacent to an activating group) is 1. The highest BCUT2D eigenvalue weighted by Gasteiger charge is 2.38. The van der Waals surface area contributed by atoms with Crippen LogP contribution in [0.5, 0.6) is 5.75 Å². The van der Waals surface area contributed by atoms with E-state index in [4.69, 9.17) is 4.65 Å². The first-order valence-corrected chi connectivity index (χ1v) is 10.3. The lowest BCUT2D eigenvalue weighted by atomic mass is 9.72. The highest BCUT2D eigenvalue weighted by molar-refractivity contribution is 6.47. The van der Waals surface area contributed by atoms with E-state index in [1.165, 1.54) is 6.07 Å². The molecule has 0 aromatic heterocycles. The van der Waals surface area contributed by atoms with Crippen molar-refractivity contribution in [1.82, 2.24) is 16.0 Å². The zero-order valence-corrected chi connectivity index (χ0v) is 16.8. The summed E-state index contributed by atoms with van der Waals surface area (Å²) in [6.07, 6.45) is 3.99. The van der Waals surface area contributed by atoms with Crippen molar-refractivity contribution in [2.24, 2.45) is 11.8 Å². The molecule has 8 nitrogen and oxygen atoms in total. The van der Waals surface area contributed by atoms with Crippen molar-refractivity contribution in [3.8, 4) is 5.75 Å². The average Bonchev–Trinajstić information content (AvgIpc) is 3.12. The fraction of sp³-hybridized carbons (Fsp3) is 0.600. The number of hydrogen-bond acceptors (Lipinski definition) is 6. The summed E-state index contributed by atoms with van der Waals surface area (Å²) < 4.78 is 5.44. The van der Waals surface area contributed by atoms with Gasteiger partial charge >= 0.3 is 13.1 Å². The number of amides is 1. The number of aromatic carboxylic acids is 1. The molecule has 1 aliphatic heterocycles. The van der Waals surface area contributed by atoms with Crippen LogP contribution in [0.4, 0.5) is 0 Å². The zero-order chi connectivity index (χ0) is 20.8. The number of carbonyl (C=O) groups excluding carboxylic acids is 1. The van der Waals surface area contributed by atoms with Gasteiger partial charge in [0.05, 0.1) is 11.5 Å². The number of nitrogens with one attached hydrogen (secondary N) is 3. The third-order valence-electron chi connectivity index (χ3n) is 5.80. The van der Waals surface area contributed by atoms with Crippen LogP contribution < -0.4 is 20.6 Å². The van der Waals surface area contributed by atoms with Gasteiger partial charge in [-0.2, -0.15) is 0 Å². The van der Waals surface area contributed by atoms with E-state index < -0.39 is 19.0 Å². The van der Waals surface area contributed by atoms with E-state index in [2.05, 4.69) is 16.0 Å². The van der Waals surface area contributed by atoms with E-state index in [0.29, 0.717) is 30.2 Å². The first-order chi connectivity index (χ1) is 14.0. The highest BCUT2D eigenvalue weighted by Crippen LogP contribution is 2.33. The number of hydrogen-bond donors (Lipinski definition) is 5. The Labute approximate surface area is 171 Å². The molecule has 2 aliphatic rings. The van der Waals surface area contributed by atoms with E-state index >= 15 is 0 Å². The standard InChI is InChI=1S/C20H30BN3O5/c1-22-7-8-23-12-14-6-5-13(9-14)10-18(25)24-17-11-15-3-2-4-16(20(26)27)19(15)29-21(17)28/h2-4,13-14,17,22-23,28H,5-12H2,1H3,(H,24,25)(H,26,27). The molecule has 1 aromatic carbocycles. The lowest BCUT2D eigenvalue weighted by Crippen LogP contribution is -2.53. The lowest BCUT2D eigenvalue weighted by Gasteiger charge is -2.29. The maximum absolute atomic E-state index is 12.5. The van der Waals surface area contributed by atoms with E-state index in [9.17, 15) is 19.7 Å². The number of rotatable bonds is 9. The molecule has 0 bridgehead atoms. The summed E-state index contributed by atoms with van der Waals surface area (Å²) in [5.74, 6) is -0.632. The summed E-state index contributed by atoms with van der Waals surface area (Å²) in [4.78, 5) is 23.8. The van der Waals surface area contributed by atoms with E-state index in [1.54, 1.807) is 12.1 Å². The van der Waals surface area contributed by atoms with Crippen molar-refractivity contribution in [2.45, 2.75) is 38.0 Å². The largest absolute Gasteiger partial charge is 0.547 e. The molecule has 158 valence electrons. The summed E-state index contributed by atoms with van der Waals surface area (Å²) in [6, 6.07) is 4.85. The molecule has 1 aliphatic carbocycles. The normalized spacial score (nSPS) is 23.4. The first kappa shape index (κ1) is 21.6. The fourth-order valence-corrected chi connectivity index (χ4v) is 4.31. The quantitative estimate of drug-likeness (QED) is 0.300. The van der Waals surface area contributed by atoms with Crippen molar-refractivity contribution in [3.05, 3.63) is 29.3 Å². The van der Waals surface area contributed by atoms with Gasteiger partial charge in [0.15, 0.2) is 0 Å². The van der Waals surface area contributed by atoms with Crippen LogP contribution in [0.15, 0.2) is 18.2 Å². The van der Waals surface area contributed by atoms with Crippen LogP contribution in [0.2, 0.25) is 0 Å². The number of benzene rings is 1. The topological polar surface area (TPSA) is 120 Å². The molecule has 0 radical (unpaired) electrons. The van der Waals surface area contributed by atoms with Crippen LogP contribution >= 0.6 is 0 Å². The average molecular weight is 403 g/mol. The Balaban J connectivity index is 1.48. The molecular weight excluding hydrogens is 373 g/mol. The Morgan fingerprint density at radius 3 is 2.79 bits per heavy atom. The molecule has 1 aromatic rings. The minimum absolute atomic E-state index is 0.0200. The van der Waals surface area contributed by atoms with Gasteiger partial charge in [-0.1, -0.05) is 12.1 Å².